The van der Waals surface area contributed by atoms with E-state index in [9.17, 15) is 0 Å². The fraction of sp³-hybridized carbons (Fsp3) is 0.625. The van der Waals surface area contributed by atoms with Crippen LogP contribution in [0.15, 0.2) is 18.2 Å². The second kappa shape index (κ2) is 4.93. The molecule has 1 aromatic rings. The maximum absolute atomic E-state index is 6.35. The average Bonchev–Trinajstić information content (AvgIpc) is 2.41. The van der Waals surface area contributed by atoms with E-state index in [1.807, 2.05) is 0 Å². The molecule has 0 saturated heterocycles. The summed E-state index contributed by atoms with van der Waals surface area (Å²) in [5, 5.41) is 0. The van der Waals surface area contributed by atoms with Gasteiger partial charge in [-0.05, 0) is 49.1 Å². The van der Waals surface area contributed by atoms with Gasteiger partial charge in [-0.2, -0.15) is 0 Å². The molecule has 2 heteroatoms. The van der Waals surface area contributed by atoms with Crippen molar-refractivity contribution in [3.63, 3.8) is 0 Å². The molecular weight excluding hydrogens is 222 g/mol. The Labute approximate surface area is 110 Å². The predicted octanol–water partition coefficient (Wildman–Crippen LogP) is 3.24. The van der Waals surface area contributed by atoms with E-state index in [2.05, 4.69) is 25.1 Å². The number of aryl methyl sites for hydroxylation is 1. The summed E-state index contributed by atoms with van der Waals surface area (Å²) in [5.41, 5.74) is 9.10. The number of hydrogen-bond donors (Lipinski definition) is 1. The molecule has 3 rings (SSSR count). The van der Waals surface area contributed by atoms with Crippen molar-refractivity contribution < 1.29 is 4.74 Å². The van der Waals surface area contributed by atoms with Crippen molar-refractivity contribution >= 4 is 0 Å². The van der Waals surface area contributed by atoms with Crippen molar-refractivity contribution in [2.45, 2.75) is 51.0 Å². The minimum absolute atomic E-state index is 0.304. The highest BCUT2D eigenvalue weighted by Crippen LogP contribution is 2.41. The largest absolute Gasteiger partial charge is 0.493 e. The van der Waals surface area contributed by atoms with Crippen LogP contribution in [-0.4, -0.2) is 12.6 Å². The van der Waals surface area contributed by atoms with Gasteiger partial charge in [0.25, 0.3) is 0 Å². The van der Waals surface area contributed by atoms with E-state index < -0.39 is 0 Å². The van der Waals surface area contributed by atoms with E-state index in [-0.39, 0.29) is 0 Å². The zero-order valence-corrected chi connectivity index (χ0v) is 11.2. The Morgan fingerprint density at radius 2 is 2.17 bits per heavy atom. The molecule has 0 spiro atoms. The second-order valence-electron chi connectivity index (χ2n) is 5.98. The molecule has 18 heavy (non-hydrogen) atoms. The number of ether oxygens (including phenoxy) is 1. The molecule has 0 aromatic heterocycles. The number of fused-ring (bicyclic) bond motifs is 1. The van der Waals surface area contributed by atoms with Crippen molar-refractivity contribution in [3.05, 3.63) is 29.3 Å². The Balaban J connectivity index is 1.95. The van der Waals surface area contributed by atoms with Gasteiger partial charge in [0, 0.05) is 12.0 Å². The van der Waals surface area contributed by atoms with E-state index in [1.54, 1.807) is 0 Å². The van der Waals surface area contributed by atoms with Crippen molar-refractivity contribution in [2.75, 3.05) is 6.61 Å². The van der Waals surface area contributed by atoms with Crippen LogP contribution < -0.4 is 10.5 Å². The fourth-order valence-corrected chi connectivity index (χ4v) is 3.47. The van der Waals surface area contributed by atoms with E-state index in [4.69, 9.17) is 10.5 Å². The molecular formula is C16H23NO. The summed E-state index contributed by atoms with van der Waals surface area (Å²) < 4.78 is 5.94. The van der Waals surface area contributed by atoms with Crippen LogP contribution in [0, 0.1) is 5.92 Å². The number of benzene rings is 1. The zero-order chi connectivity index (χ0) is 12.5. The summed E-state index contributed by atoms with van der Waals surface area (Å²) in [7, 11) is 0. The smallest absolute Gasteiger partial charge is 0.126 e. The molecule has 0 amide bonds. The van der Waals surface area contributed by atoms with Gasteiger partial charge >= 0.3 is 0 Å². The normalized spacial score (nSPS) is 31.6. The quantitative estimate of drug-likeness (QED) is 0.824. The lowest BCUT2D eigenvalue weighted by atomic mass is 9.75. The molecule has 1 aromatic carbocycles. The Bertz CT molecular complexity index is 429. The molecule has 0 bridgehead atoms. The third kappa shape index (κ3) is 2.14. The zero-order valence-electron chi connectivity index (χ0n) is 11.2. The van der Waals surface area contributed by atoms with Gasteiger partial charge in [0.2, 0.25) is 0 Å². The van der Waals surface area contributed by atoms with E-state index in [1.165, 1.54) is 24.0 Å². The number of nitrogens with two attached hydrogens (primary N) is 1. The average molecular weight is 245 g/mol. The third-order valence-electron chi connectivity index (χ3n) is 4.53. The topological polar surface area (TPSA) is 35.2 Å². The Kier molecular flexibility index (Phi) is 3.29. The van der Waals surface area contributed by atoms with Crippen LogP contribution >= 0.6 is 0 Å². The van der Waals surface area contributed by atoms with Gasteiger partial charge < -0.3 is 10.5 Å². The highest BCUT2D eigenvalue weighted by molar-refractivity contribution is 5.45. The molecule has 3 atom stereocenters. The molecule has 98 valence electrons. The lowest BCUT2D eigenvalue weighted by Crippen LogP contribution is -2.34. The molecule has 1 fully saturated rings. The van der Waals surface area contributed by atoms with Crippen LogP contribution in [0.25, 0.3) is 0 Å². The lowest BCUT2D eigenvalue weighted by Gasteiger charge is -2.34. The monoisotopic (exact) mass is 245 g/mol. The van der Waals surface area contributed by atoms with Crippen LogP contribution in [0.2, 0.25) is 0 Å². The first-order valence-corrected chi connectivity index (χ1v) is 7.26. The van der Waals surface area contributed by atoms with Crippen molar-refractivity contribution in [3.8, 4) is 5.75 Å². The molecule has 2 aliphatic rings. The Morgan fingerprint density at radius 1 is 1.28 bits per heavy atom. The first-order valence-electron chi connectivity index (χ1n) is 7.26. The number of para-hydroxylation sites is 1. The lowest BCUT2D eigenvalue weighted by molar-refractivity contribution is 0.266. The first kappa shape index (κ1) is 12.0. The van der Waals surface area contributed by atoms with Crippen LogP contribution in [-0.2, 0) is 6.42 Å². The molecule has 1 saturated carbocycles. The van der Waals surface area contributed by atoms with Gasteiger partial charge in [0.15, 0.2) is 0 Å². The SMILES string of the molecule is CC1CCC(N)C(c2cccc3c2OCCC3)C1. The number of hydrogen-bond acceptors (Lipinski definition) is 2. The highest BCUT2D eigenvalue weighted by Gasteiger charge is 2.30. The van der Waals surface area contributed by atoms with Gasteiger partial charge in [-0.3, -0.25) is 0 Å². The van der Waals surface area contributed by atoms with Gasteiger partial charge in [0.1, 0.15) is 5.75 Å². The van der Waals surface area contributed by atoms with Crippen molar-refractivity contribution in [1.82, 2.24) is 0 Å². The molecule has 2 N–H and O–H groups in total. The van der Waals surface area contributed by atoms with Gasteiger partial charge in [-0.1, -0.05) is 25.1 Å². The van der Waals surface area contributed by atoms with E-state index in [0.717, 1.165) is 37.5 Å². The summed E-state index contributed by atoms with van der Waals surface area (Å²) in [6, 6.07) is 6.91. The molecule has 1 aliphatic heterocycles. The summed E-state index contributed by atoms with van der Waals surface area (Å²) in [5.74, 6) is 2.43. The summed E-state index contributed by atoms with van der Waals surface area (Å²) in [4.78, 5) is 0. The first-order chi connectivity index (χ1) is 8.75. The summed E-state index contributed by atoms with van der Waals surface area (Å²) in [6.07, 6.45) is 5.92. The summed E-state index contributed by atoms with van der Waals surface area (Å²) in [6.45, 7) is 3.21. The van der Waals surface area contributed by atoms with Crippen LogP contribution in [0.1, 0.15) is 49.7 Å². The standard InChI is InChI=1S/C16H23NO/c1-11-7-8-15(17)14(10-11)13-6-2-4-12-5-3-9-18-16(12)13/h2,4,6,11,14-15H,3,5,7-10,17H2,1H3. The van der Waals surface area contributed by atoms with Gasteiger partial charge in [-0.25, -0.2) is 0 Å². The molecule has 0 radical (unpaired) electrons. The minimum atomic E-state index is 0.304. The van der Waals surface area contributed by atoms with E-state index in [0.29, 0.717) is 12.0 Å². The highest BCUT2D eigenvalue weighted by atomic mass is 16.5. The van der Waals surface area contributed by atoms with Crippen molar-refractivity contribution in [1.29, 1.82) is 0 Å². The molecule has 1 aliphatic carbocycles. The van der Waals surface area contributed by atoms with Gasteiger partial charge in [0.05, 0.1) is 6.61 Å². The Hall–Kier alpha value is -1.02. The summed E-state index contributed by atoms with van der Waals surface area (Å²) >= 11 is 0. The van der Waals surface area contributed by atoms with Crippen molar-refractivity contribution in [2.24, 2.45) is 11.7 Å². The maximum atomic E-state index is 6.35. The second-order valence-corrected chi connectivity index (χ2v) is 5.98. The number of rotatable bonds is 1. The predicted molar refractivity (Wildman–Crippen MR) is 74.0 cm³/mol. The van der Waals surface area contributed by atoms with Gasteiger partial charge in [-0.15, -0.1) is 0 Å². The Morgan fingerprint density at radius 3 is 3.06 bits per heavy atom. The van der Waals surface area contributed by atoms with Crippen LogP contribution in [0.4, 0.5) is 0 Å². The van der Waals surface area contributed by atoms with Crippen LogP contribution in [0.3, 0.4) is 0 Å². The maximum Gasteiger partial charge on any atom is 0.126 e. The fourth-order valence-electron chi connectivity index (χ4n) is 3.47. The minimum Gasteiger partial charge on any atom is -0.493 e. The molecule has 3 unspecified atom stereocenters. The molecule has 2 nitrogen and oxygen atoms in total. The van der Waals surface area contributed by atoms with E-state index >= 15 is 0 Å². The third-order valence-corrected chi connectivity index (χ3v) is 4.53. The molecule has 1 heterocycles. The van der Waals surface area contributed by atoms with Crippen LogP contribution in [0.5, 0.6) is 5.75 Å².